The van der Waals surface area contributed by atoms with Crippen LogP contribution in [0.2, 0.25) is 0 Å². The normalized spacial score (nSPS) is 19.5. The van der Waals surface area contributed by atoms with E-state index >= 15 is 0 Å². The van der Waals surface area contributed by atoms with Crippen molar-refractivity contribution >= 4 is 48.3 Å². The topological polar surface area (TPSA) is 158 Å². The van der Waals surface area contributed by atoms with Gasteiger partial charge < -0.3 is 19.2 Å². The van der Waals surface area contributed by atoms with Gasteiger partial charge in [0.1, 0.15) is 16.5 Å². The minimum absolute atomic E-state index is 0.0730. The number of amides is 1. The van der Waals surface area contributed by atoms with Crippen molar-refractivity contribution < 1.29 is 27.5 Å². The van der Waals surface area contributed by atoms with Crippen LogP contribution in [-0.2, 0) is 30.8 Å². The lowest BCUT2D eigenvalue weighted by Crippen LogP contribution is -2.25. The Hall–Kier alpha value is -4.05. The smallest absolute Gasteiger partial charge is 0.280 e. The van der Waals surface area contributed by atoms with E-state index in [9.17, 15) is 13.2 Å². The van der Waals surface area contributed by atoms with Gasteiger partial charge in [-0.25, -0.2) is 28.4 Å². The molecule has 2 saturated heterocycles. The fourth-order valence-electron chi connectivity index (χ4n) is 4.77. The minimum Gasteiger partial charge on any atom is -0.473 e. The van der Waals surface area contributed by atoms with Crippen molar-refractivity contribution in [3.05, 3.63) is 66.2 Å². The van der Waals surface area contributed by atoms with Crippen LogP contribution in [0.3, 0.4) is 0 Å². The van der Waals surface area contributed by atoms with Crippen molar-refractivity contribution in [3.8, 4) is 5.88 Å². The number of oxime groups is 1. The van der Waals surface area contributed by atoms with Crippen LogP contribution in [0.25, 0.3) is 10.3 Å². The van der Waals surface area contributed by atoms with Crippen LogP contribution < -0.4 is 10.1 Å². The third kappa shape index (κ3) is 6.80. The minimum atomic E-state index is -3.57. The molecule has 4 aromatic rings. The highest BCUT2D eigenvalue weighted by molar-refractivity contribution is 7.92. The van der Waals surface area contributed by atoms with Crippen LogP contribution in [0, 0.1) is 0 Å². The second-order valence-electron chi connectivity index (χ2n) is 10.2. The van der Waals surface area contributed by atoms with Crippen LogP contribution in [0.5, 0.6) is 5.88 Å². The summed E-state index contributed by atoms with van der Waals surface area (Å²) in [4.78, 5) is 39.1. The van der Waals surface area contributed by atoms with Crippen LogP contribution in [0.1, 0.15) is 24.2 Å². The van der Waals surface area contributed by atoms with E-state index in [-0.39, 0.29) is 29.9 Å². The van der Waals surface area contributed by atoms with E-state index in [0.29, 0.717) is 45.8 Å². The maximum Gasteiger partial charge on any atom is 0.280 e. The Kier molecular flexibility index (Phi) is 8.56. The number of hydrogen-bond acceptors (Lipinski definition) is 13. The number of anilines is 1. The molecule has 0 unspecified atom stereocenters. The third-order valence-corrected chi connectivity index (χ3v) is 10.1. The van der Waals surface area contributed by atoms with Crippen LogP contribution in [0.15, 0.2) is 64.9 Å². The Morgan fingerprint density at radius 3 is 2.67 bits per heavy atom. The van der Waals surface area contributed by atoms with Crippen molar-refractivity contribution in [3.63, 3.8) is 0 Å². The average molecular weight is 624 g/mol. The summed E-state index contributed by atoms with van der Waals surface area (Å²) in [5, 5.41) is 6.56. The summed E-state index contributed by atoms with van der Waals surface area (Å²) < 4.78 is 37.3. The number of likely N-dealkylation sites (tertiary alicyclic amines) is 1. The van der Waals surface area contributed by atoms with E-state index in [1.807, 2.05) is 0 Å². The molecule has 2 fully saturated rings. The van der Waals surface area contributed by atoms with E-state index in [1.165, 1.54) is 35.6 Å². The van der Waals surface area contributed by atoms with E-state index < -0.39 is 21.0 Å². The first kappa shape index (κ1) is 29.0. The zero-order chi connectivity index (χ0) is 29.8. The molecule has 0 radical (unpaired) electrons. The van der Waals surface area contributed by atoms with Gasteiger partial charge >= 0.3 is 0 Å². The summed E-state index contributed by atoms with van der Waals surface area (Å²) >= 11 is 1.20. The largest absolute Gasteiger partial charge is 0.473 e. The molecule has 1 N–H and O–H groups in total. The molecule has 43 heavy (non-hydrogen) atoms. The predicted octanol–water partition coefficient (Wildman–Crippen LogP) is 2.69. The summed E-state index contributed by atoms with van der Waals surface area (Å²) in [6, 6.07) is 11.2. The Morgan fingerprint density at radius 2 is 1.95 bits per heavy atom. The highest BCUT2D eigenvalue weighted by Gasteiger charge is 2.31. The Labute approximate surface area is 251 Å². The Balaban J connectivity index is 1.21. The average Bonchev–Trinajstić information content (AvgIpc) is 3.78. The number of benzene rings is 1. The molecule has 224 valence electrons. The number of hydrogen-bond donors (Lipinski definition) is 1. The summed E-state index contributed by atoms with van der Waals surface area (Å²) in [5.41, 5.74) is 0.882. The molecule has 2 aliphatic heterocycles. The summed E-state index contributed by atoms with van der Waals surface area (Å²) in [6.07, 6.45) is 4.60. The second-order valence-corrected chi connectivity index (χ2v) is 13.4. The molecule has 0 saturated carbocycles. The van der Waals surface area contributed by atoms with Crippen LogP contribution in [-0.4, -0.2) is 89.6 Å². The van der Waals surface area contributed by atoms with Crippen molar-refractivity contribution in [2.24, 2.45) is 5.16 Å². The lowest BCUT2D eigenvalue weighted by atomic mass is 10.1. The number of ether oxygens (including phenoxy) is 2. The van der Waals surface area contributed by atoms with Gasteiger partial charge in [-0.2, -0.15) is 0 Å². The first-order chi connectivity index (χ1) is 20.8. The van der Waals surface area contributed by atoms with Crippen molar-refractivity contribution in [1.29, 1.82) is 0 Å². The van der Waals surface area contributed by atoms with Gasteiger partial charge in [0.25, 0.3) is 5.91 Å². The number of thiazole rings is 1. The predicted molar refractivity (Wildman–Crippen MR) is 159 cm³/mol. The number of likely N-dealkylation sites (N-methyl/N-ethyl adjacent to an activating group) is 1. The molecule has 0 aliphatic carbocycles. The number of aromatic nitrogens is 4. The lowest BCUT2D eigenvalue weighted by molar-refractivity contribution is -0.110. The maximum absolute atomic E-state index is 13.5. The van der Waals surface area contributed by atoms with Gasteiger partial charge in [-0.05, 0) is 44.2 Å². The molecule has 3 aromatic heterocycles. The number of nitrogens with zero attached hydrogens (tertiary/aromatic N) is 6. The van der Waals surface area contributed by atoms with Gasteiger partial charge in [0, 0.05) is 43.7 Å². The van der Waals surface area contributed by atoms with Gasteiger partial charge in [-0.1, -0.05) is 28.6 Å². The monoisotopic (exact) mass is 623 g/mol. The molecule has 0 bridgehead atoms. The molecule has 1 aromatic carbocycles. The molecule has 5 heterocycles. The number of carbonyl (C=O) groups excluding carboxylic acids is 1. The highest BCUT2D eigenvalue weighted by atomic mass is 32.2. The summed E-state index contributed by atoms with van der Waals surface area (Å²) in [7, 11) is -1.52. The van der Waals surface area contributed by atoms with E-state index in [4.69, 9.17) is 14.3 Å². The quantitative estimate of drug-likeness (QED) is 0.205. The molecular formula is C28H29N7O6S2. The standard InChI is InChI=1S/C28H29N7O6S2/c1-35-13-9-19(15-35)41-24-8-7-22-27(32-24)42-28(31-22)33-26(36)25(34-40-17-23-29-11-2-12-30-23)18-3-5-20(6-4-18)43(37,38)21-10-14-39-16-21/h2-8,11-12,19,21H,9-10,13-17H2,1H3,(H,31,33,36)/b34-25+/t19-,21+/m1/s1. The molecule has 2 atom stereocenters. The summed E-state index contributed by atoms with van der Waals surface area (Å²) in [5.74, 6) is 0.288. The van der Waals surface area contributed by atoms with Gasteiger partial charge in [0.05, 0.1) is 16.8 Å². The molecule has 1 amide bonds. The maximum atomic E-state index is 13.5. The van der Waals surface area contributed by atoms with Gasteiger partial charge in [0.2, 0.25) is 5.88 Å². The van der Waals surface area contributed by atoms with Crippen molar-refractivity contribution in [2.75, 3.05) is 38.7 Å². The van der Waals surface area contributed by atoms with E-state index in [1.54, 1.807) is 30.6 Å². The molecular weight excluding hydrogens is 594 g/mol. The van der Waals surface area contributed by atoms with Gasteiger partial charge in [-0.3, -0.25) is 10.1 Å². The number of fused-ring (bicyclic) bond motifs is 1. The molecule has 13 nitrogen and oxygen atoms in total. The molecule has 0 spiro atoms. The molecule has 15 heteroatoms. The number of pyridine rings is 1. The fraction of sp³-hybridized carbons (Fsp3) is 0.357. The Morgan fingerprint density at radius 1 is 1.14 bits per heavy atom. The number of carbonyl (C=O) groups is 1. The highest BCUT2D eigenvalue weighted by Crippen LogP contribution is 2.28. The van der Waals surface area contributed by atoms with Crippen LogP contribution >= 0.6 is 11.3 Å². The zero-order valence-electron chi connectivity index (χ0n) is 23.2. The number of rotatable bonds is 10. The SMILES string of the molecule is CN1CC[C@@H](Oc2ccc3nc(NC(=O)/C(=N/OCc4ncccn4)c4ccc(S(=O)(=O)[C@H]5CCOC5)cc4)sc3n2)C1. The first-order valence-electron chi connectivity index (χ1n) is 13.7. The van der Waals surface area contributed by atoms with Crippen molar-refractivity contribution in [1.82, 2.24) is 24.8 Å². The summed E-state index contributed by atoms with van der Waals surface area (Å²) in [6.45, 7) is 2.32. The fourth-order valence-corrected chi connectivity index (χ4v) is 7.18. The first-order valence-corrected chi connectivity index (χ1v) is 16.0. The third-order valence-electron chi connectivity index (χ3n) is 7.05. The second kappa shape index (κ2) is 12.7. The van der Waals surface area contributed by atoms with E-state index in [0.717, 1.165) is 19.5 Å². The number of nitrogens with one attached hydrogen (secondary N) is 1. The van der Waals surface area contributed by atoms with E-state index in [2.05, 4.69) is 42.4 Å². The van der Waals surface area contributed by atoms with Crippen LogP contribution in [0.4, 0.5) is 5.13 Å². The van der Waals surface area contributed by atoms with Crippen molar-refractivity contribution in [2.45, 2.75) is 35.7 Å². The Bertz CT molecular complexity index is 1730. The molecule has 2 aliphatic rings. The van der Waals surface area contributed by atoms with Gasteiger partial charge in [-0.15, -0.1) is 0 Å². The lowest BCUT2D eigenvalue weighted by Gasteiger charge is -2.12. The number of sulfone groups is 1. The molecule has 6 rings (SSSR count). The van der Waals surface area contributed by atoms with Gasteiger partial charge in [0.15, 0.2) is 33.1 Å². The zero-order valence-corrected chi connectivity index (χ0v) is 24.9.